The van der Waals surface area contributed by atoms with Gasteiger partial charge in [-0.25, -0.2) is 0 Å². The van der Waals surface area contributed by atoms with Crippen molar-refractivity contribution in [2.45, 2.75) is 71.6 Å². The number of ether oxygens (including phenoxy) is 2. The third-order valence-corrected chi connectivity index (χ3v) is 5.27. The lowest BCUT2D eigenvalue weighted by atomic mass is 9.82. The topological polar surface area (TPSA) is 35.5 Å². The molecule has 2 aromatic carbocycles. The van der Waals surface area contributed by atoms with Gasteiger partial charge in [-0.3, -0.25) is 4.79 Å². The molecule has 0 saturated carbocycles. The average Bonchev–Trinajstić information content (AvgIpc) is 2.65. The first-order valence-electron chi connectivity index (χ1n) is 10.2. The van der Waals surface area contributed by atoms with Gasteiger partial charge in [0.25, 0.3) is 0 Å². The summed E-state index contributed by atoms with van der Waals surface area (Å²) in [6.45, 7) is 13.7. The van der Waals surface area contributed by atoms with Gasteiger partial charge in [0.15, 0.2) is 0 Å². The van der Waals surface area contributed by atoms with Crippen molar-refractivity contribution in [1.29, 1.82) is 0 Å². The van der Waals surface area contributed by atoms with E-state index in [0.717, 1.165) is 12.2 Å². The Balaban J connectivity index is 1.74. The van der Waals surface area contributed by atoms with Crippen molar-refractivity contribution >= 4 is 5.97 Å². The molecule has 0 N–H and O–H groups in total. The minimum atomic E-state index is -0.229. The molecule has 0 aliphatic heterocycles. The average molecular weight is 383 g/mol. The molecule has 0 spiro atoms. The van der Waals surface area contributed by atoms with Gasteiger partial charge >= 0.3 is 5.97 Å². The molecule has 0 saturated heterocycles. The van der Waals surface area contributed by atoms with E-state index in [9.17, 15) is 4.79 Å². The quantitative estimate of drug-likeness (QED) is 0.299. The van der Waals surface area contributed by atoms with Crippen LogP contribution < -0.4 is 9.47 Å². The lowest BCUT2D eigenvalue weighted by Gasteiger charge is -2.23. The van der Waals surface area contributed by atoms with Crippen molar-refractivity contribution in [3.05, 3.63) is 59.7 Å². The zero-order valence-corrected chi connectivity index (χ0v) is 18.2. The fourth-order valence-corrected chi connectivity index (χ4v) is 2.82. The van der Waals surface area contributed by atoms with E-state index in [4.69, 9.17) is 9.47 Å². The van der Waals surface area contributed by atoms with E-state index in [-0.39, 0.29) is 16.8 Å². The number of carbonyl (C=O) groups excluding carboxylic acids is 1. The van der Waals surface area contributed by atoms with Crippen molar-refractivity contribution < 1.29 is 14.3 Å². The van der Waals surface area contributed by atoms with Gasteiger partial charge in [-0.1, -0.05) is 65.8 Å². The molecule has 0 atom stereocenters. The molecule has 0 aromatic heterocycles. The summed E-state index contributed by atoms with van der Waals surface area (Å²) >= 11 is 0. The Labute approximate surface area is 170 Å². The molecule has 0 bridgehead atoms. The maximum Gasteiger partial charge on any atom is 0.311 e. The van der Waals surface area contributed by atoms with Gasteiger partial charge in [0.1, 0.15) is 11.5 Å². The monoisotopic (exact) mass is 382 g/mol. The van der Waals surface area contributed by atoms with Crippen LogP contribution in [0.4, 0.5) is 0 Å². The van der Waals surface area contributed by atoms with Gasteiger partial charge in [0.05, 0.1) is 6.61 Å². The molecule has 28 heavy (non-hydrogen) atoms. The molecule has 0 fully saturated rings. The van der Waals surface area contributed by atoms with Crippen LogP contribution in [-0.4, -0.2) is 12.6 Å². The number of carbonyl (C=O) groups is 1. The predicted molar refractivity (Wildman–Crippen MR) is 115 cm³/mol. The van der Waals surface area contributed by atoms with E-state index in [1.807, 2.05) is 36.4 Å². The highest BCUT2D eigenvalue weighted by molar-refractivity contribution is 5.72. The van der Waals surface area contributed by atoms with Crippen molar-refractivity contribution in [2.75, 3.05) is 6.61 Å². The van der Waals surface area contributed by atoms with E-state index in [2.05, 4.69) is 53.7 Å². The van der Waals surface area contributed by atoms with Crippen LogP contribution in [0.5, 0.6) is 11.5 Å². The van der Waals surface area contributed by atoms with Crippen LogP contribution in [0.15, 0.2) is 48.5 Å². The molecule has 0 amide bonds. The molecule has 2 rings (SSSR count). The van der Waals surface area contributed by atoms with Gasteiger partial charge < -0.3 is 9.47 Å². The van der Waals surface area contributed by atoms with E-state index in [0.29, 0.717) is 25.2 Å². The fraction of sp³-hybridized carbons (Fsp3) is 0.480. The SMILES string of the molecule is CCC(C)(C)c1ccc(OCCCC(=O)Oc2ccc(C(C)(C)C)cc2)cc1. The number of benzene rings is 2. The fourth-order valence-electron chi connectivity index (χ4n) is 2.82. The molecular formula is C25H34O3. The Morgan fingerprint density at radius 3 is 1.89 bits per heavy atom. The molecule has 3 heteroatoms. The zero-order valence-electron chi connectivity index (χ0n) is 18.2. The van der Waals surface area contributed by atoms with Gasteiger partial charge in [0, 0.05) is 6.42 Å². The second kappa shape index (κ2) is 9.27. The summed E-state index contributed by atoms with van der Waals surface area (Å²) in [5.74, 6) is 1.20. The van der Waals surface area contributed by atoms with E-state index < -0.39 is 0 Å². The molecule has 0 heterocycles. The minimum absolute atomic E-state index is 0.0877. The molecule has 0 unspecified atom stereocenters. The van der Waals surface area contributed by atoms with Crippen LogP contribution in [0.25, 0.3) is 0 Å². The van der Waals surface area contributed by atoms with Gasteiger partial charge in [-0.2, -0.15) is 0 Å². The van der Waals surface area contributed by atoms with Crippen molar-refractivity contribution in [3.63, 3.8) is 0 Å². The van der Waals surface area contributed by atoms with Crippen molar-refractivity contribution in [1.82, 2.24) is 0 Å². The lowest BCUT2D eigenvalue weighted by molar-refractivity contribution is -0.134. The van der Waals surface area contributed by atoms with Crippen LogP contribution in [0.3, 0.4) is 0 Å². The highest BCUT2D eigenvalue weighted by Gasteiger charge is 2.17. The van der Waals surface area contributed by atoms with Gasteiger partial charge in [-0.05, 0) is 59.1 Å². The maximum absolute atomic E-state index is 12.0. The number of hydrogen-bond acceptors (Lipinski definition) is 3. The summed E-state index contributed by atoms with van der Waals surface area (Å²) in [6, 6.07) is 16.0. The second-order valence-electron chi connectivity index (χ2n) is 8.96. The zero-order chi connectivity index (χ0) is 20.8. The largest absolute Gasteiger partial charge is 0.494 e. The van der Waals surface area contributed by atoms with Crippen LogP contribution in [-0.2, 0) is 15.6 Å². The smallest absolute Gasteiger partial charge is 0.311 e. The minimum Gasteiger partial charge on any atom is -0.494 e. The summed E-state index contributed by atoms with van der Waals surface area (Å²) in [5.41, 5.74) is 2.79. The van der Waals surface area contributed by atoms with E-state index >= 15 is 0 Å². The van der Waals surface area contributed by atoms with Crippen LogP contribution in [0, 0.1) is 0 Å². The summed E-state index contributed by atoms with van der Waals surface area (Å²) in [5, 5.41) is 0. The first-order valence-corrected chi connectivity index (χ1v) is 10.2. The maximum atomic E-state index is 12.0. The molecular weight excluding hydrogens is 348 g/mol. The Kier molecular flexibility index (Phi) is 7.29. The van der Waals surface area contributed by atoms with E-state index in [1.165, 1.54) is 11.1 Å². The number of hydrogen-bond donors (Lipinski definition) is 0. The first kappa shape index (κ1) is 22.0. The summed E-state index contributed by atoms with van der Waals surface area (Å²) in [4.78, 5) is 12.0. The standard InChI is InChI=1S/C25H34O3/c1-7-25(5,6)20-12-14-21(15-13-20)27-18-8-9-23(26)28-22-16-10-19(11-17-22)24(2,3)4/h10-17H,7-9,18H2,1-6H3. The molecule has 0 aliphatic rings. The second-order valence-corrected chi connectivity index (χ2v) is 8.96. The molecule has 152 valence electrons. The Hall–Kier alpha value is -2.29. The highest BCUT2D eigenvalue weighted by atomic mass is 16.5. The number of esters is 1. The lowest BCUT2D eigenvalue weighted by Crippen LogP contribution is -2.15. The third kappa shape index (κ3) is 6.40. The molecule has 3 nitrogen and oxygen atoms in total. The predicted octanol–water partition coefficient (Wildman–Crippen LogP) is 6.44. The van der Waals surface area contributed by atoms with Crippen molar-refractivity contribution in [3.8, 4) is 11.5 Å². The van der Waals surface area contributed by atoms with Gasteiger partial charge in [-0.15, -0.1) is 0 Å². The Bertz CT molecular complexity index is 750. The normalized spacial score (nSPS) is 11.9. The van der Waals surface area contributed by atoms with Crippen LogP contribution in [0.1, 0.15) is 71.9 Å². The summed E-state index contributed by atoms with van der Waals surface area (Å²) in [7, 11) is 0. The van der Waals surface area contributed by atoms with Crippen LogP contribution in [0.2, 0.25) is 0 Å². The summed E-state index contributed by atoms with van der Waals surface area (Å²) in [6.07, 6.45) is 2.05. The van der Waals surface area contributed by atoms with Gasteiger partial charge in [0.2, 0.25) is 0 Å². The third-order valence-electron chi connectivity index (χ3n) is 5.27. The molecule has 0 aliphatic carbocycles. The first-order chi connectivity index (χ1) is 13.1. The Morgan fingerprint density at radius 1 is 0.821 bits per heavy atom. The van der Waals surface area contributed by atoms with Crippen molar-refractivity contribution in [2.24, 2.45) is 0 Å². The summed E-state index contributed by atoms with van der Waals surface area (Å²) < 4.78 is 11.2. The molecule has 2 aromatic rings. The number of rotatable bonds is 8. The van der Waals surface area contributed by atoms with E-state index in [1.54, 1.807) is 0 Å². The van der Waals surface area contributed by atoms with Crippen LogP contribution >= 0.6 is 0 Å². The Morgan fingerprint density at radius 2 is 1.36 bits per heavy atom. The highest BCUT2D eigenvalue weighted by Crippen LogP contribution is 2.28. The molecule has 0 radical (unpaired) electrons.